The molecule has 0 aliphatic heterocycles. The molecule has 0 saturated heterocycles. The van der Waals surface area contributed by atoms with Gasteiger partial charge in [0.25, 0.3) is 0 Å². The quantitative estimate of drug-likeness (QED) is 0.196. The van der Waals surface area contributed by atoms with Gasteiger partial charge in [0.15, 0.2) is 5.58 Å². The molecule has 0 radical (unpaired) electrons. The summed E-state index contributed by atoms with van der Waals surface area (Å²) in [6.07, 6.45) is 0. The predicted molar refractivity (Wildman–Crippen MR) is 201 cm³/mol. The highest BCUT2D eigenvalue weighted by atomic mass is 16.3. The van der Waals surface area contributed by atoms with Crippen LogP contribution < -0.4 is 4.90 Å². The molecule has 0 fully saturated rings. The maximum Gasteiger partial charge on any atom is 0.159 e. The molecule has 7 aromatic carbocycles. The Labute approximate surface area is 280 Å². The van der Waals surface area contributed by atoms with Crippen molar-refractivity contribution in [2.45, 2.75) is 38.5 Å². The summed E-state index contributed by atoms with van der Waals surface area (Å²) in [4.78, 5) is 2.36. The summed E-state index contributed by atoms with van der Waals surface area (Å²) in [7, 11) is 0. The number of anilines is 3. The minimum Gasteiger partial charge on any atom is -0.454 e. The third-order valence-corrected chi connectivity index (χ3v) is 11.2. The first-order valence-electron chi connectivity index (χ1n) is 16.9. The van der Waals surface area contributed by atoms with Crippen LogP contribution in [0.4, 0.5) is 17.1 Å². The van der Waals surface area contributed by atoms with Gasteiger partial charge in [0, 0.05) is 33.0 Å². The Morgan fingerprint density at radius 3 is 1.94 bits per heavy atom. The normalized spacial score (nSPS) is 15.0. The van der Waals surface area contributed by atoms with Gasteiger partial charge in [0.05, 0.1) is 5.69 Å². The molecule has 1 aromatic heterocycles. The van der Waals surface area contributed by atoms with Gasteiger partial charge in [-0.05, 0) is 91.7 Å². The third-order valence-electron chi connectivity index (χ3n) is 11.2. The summed E-state index contributed by atoms with van der Waals surface area (Å²) < 4.78 is 6.59. The van der Waals surface area contributed by atoms with Crippen LogP contribution in [0.25, 0.3) is 55.0 Å². The monoisotopic (exact) mass is 617 g/mol. The fourth-order valence-corrected chi connectivity index (χ4v) is 9.04. The number of para-hydroxylation sites is 3. The molecule has 2 aliphatic carbocycles. The lowest BCUT2D eigenvalue weighted by molar-refractivity contribution is 0.591. The molecule has 0 unspecified atom stereocenters. The van der Waals surface area contributed by atoms with Crippen molar-refractivity contribution in [1.29, 1.82) is 0 Å². The highest BCUT2D eigenvalue weighted by molar-refractivity contribution is 6.10. The van der Waals surface area contributed by atoms with Crippen LogP contribution in [-0.2, 0) is 10.8 Å². The molecule has 10 rings (SSSR count). The fourth-order valence-electron chi connectivity index (χ4n) is 9.04. The molecule has 230 valence electrons. The van der Waals surface area contributed by atoms with E-state index in [1.54, 1.807) is 0 Å². The van der Waals surface area contributed by atoms with E-state index < -0.39 is 0 Å². The molecule has 0 amide bonds. The Morgan fingerprint density at radius 2 is 1.12 bits per heavy atom. The molecule has 0 N–H and O–H groups in total. The fraction of sp³-hybridized carbons (Fsp3) is 0.130. The first-order chi connectivity index (χ1) is 23.3. The summed E-state index contributed by atoms with van der Waals surface area (Å²) >= 11 is 0. The zero-order valence-corrected chi connectivity index (χ0v) is 27.6. The predicted octanol–water partition coefficient (Wildman–Crippen LogP) is 12.8. The number of furan rings is 1. The lowest BCUT2D eigenvalue weighted by Gasteiger charge is -2.39. The Bertz CT molecular complexity index is 2620. The standard InChI is InChI=1S/C46H35NO/c1-45(2)37-20-11-14-28-13-10-18-33(41(28)37)35-26-25-34-31-24-23-30(27-38(31)46(3,4)42(34)43(35)45)47(29-15-6-5-7-16-29)39-21-12-19-36-32-17-8-9-22-40(32)48-44(36)39/h5-27H,1-4H3. The molecule has 2 nitrogen and oxygen atoms in total. The van der Waals surface area contributed by atoms with E-state index >= 15 is 0 Å². The van der Waals surface area contributed by atoms with E-state index in [4.69, 9.17) is 4.42 Å². The second kappa shape index (κ2) is 9.49. The molecule has 48 heavy (non-hydrogen) atoms. The molecule has 1 heterocycles. The van der Waals surface area contributed by atoms with E-state index in [9.17, 15) is 0 Å². The van der Waals surface area contributed by atoms with Crippen molar-refractivity contribution < 1.29 is 4.42 Å². The molecule has 0 spiro atoms. The zero-order valence-electron chi connectivity index (χ0n) is 27.6. The largest absolute Gasteiger partial charge is 0.454 e. The minimum absolute atomic E-state index is 0.149. The van der Waals surface area contributed by atoms with Gasteiger partial charge in [-0.1, -0.05) is 131 Å². The van der Waals surface area contributed by atoms with E-state index in [1.807, 2.05) is 6.07 Å². The highest BCUT2D eigenvalue weighted by Gasteiger charge is 2.44. The van der Waals surface area contributed by atoms with Crippen molar-refractivity contribution in [3.63, 3.8) is 0 Å². The zero-order chi connectivity index (χ0) is 32.4. The second-order valence-electron chi connectivity index (χ2n) is 14.5. The van der Waals surface area contributed by atoms with Crippen LogP contribution in [-0.4, -0.2) is 0 Å². The Kier molecular flexibility index (Phi) is 5.44. The van der Waals surface area contributed by atoms with Gasteiger partial charge in [-0.25, -0.2) is 0 Å². The lowest BCUT2D eigenvalue weighted by atomic mass is 9.63. The van der Waals surface area contributed by atoms with Crippen LogP contribution in [0.15, 0.2) is 144 Å². The van der Waals surface area contributed by atoms with Gasteiger partial charge in [-0.3, -0.25) is 0 Å². The maximum absolute atomic E-state index is 6.59. The summed E-state index contributed by atoms with van der Waals surface area (Å²) in [5.41, 5.74) is 15.8. The smallest absolute Gasteiger partial charge is 0.159 e. The summed E-state index contributed by atoms with van der Waals surface area (Å²) in [6.45, 7) is 9.69. The highest BCUT2D eigenvalue weighted by Crippen LogP contribution is 2.59. The van der Waals surface area contributed by atoms with Crippen molar-refractivity contribution >= 4 is 49.8 Å². The number of hydrogen-bond donors (Lipinski definition) is 0. The SMILES string of the molecule is CC1(C)c2cc(N(c3ccccc3)c3cccc4c3oc3ccccc34)ccc2-c2ccc3c(c21)C(C)(C)c1cccc2cccc-3c12. The van der Waals surface area contributed by atoms with Gasteiger partial charge >= 0.3 is 0 Å². The number of hydrogen-bond acceptors (Lipinski definition) is 2. The summed E-state index contributed by atoms with van der Waals surface area (Å²) in [5.74, 6) is 0. The molecule has 2 heteroatoms. The van der Waals surface area contributed by atoms with Crippen molar-refractivity contribution in [1.82, 2.24) is 0 Å². The Hall–Kier alpha value is -5.60. The third kappa shape index (κ3) is 3.52. The first kappa shape index (κ1) is 27.5. The van der Waals surface area contributed by atoms with E-state index in [0.29, 0.717) is 0 Å². The van der Waals surface area contributed by atoms with Crippen molar-refractivity contribution in [3.05, 3.63) is 162 Å². The average molecular weight is 618 g/mol. The van der Waals surface area contributed by atoms with E-state index in [0.717, 1.165) is 39.0 Å². The molecule has 0 bridgehead atoms. The number of fused-ring (bicyclic) bond motifs is 9. The second-order valence-corrected chi connectivity index (χ2v) is 14.5. The molecule has 0 saturated carbocycles. The Morgan fingerprint density at radius 1 is 0.479 bits per heavy atom. The molecular formula is C46H35NO. The van der Waals surface area contributed by atoms with Gasteiger partial charge in [0.2, 0.25) is 0 Å². The topological polar surface area (TPSA) is 16.4 Å². The lowest BCUT2D eigenvalue weighted by Crippen LogP contribution is -2.29. The van der Waals surface area contributed by atoms with Gasteiger partial charge < -0.3 is 9.32 Å². The van der Waals surface area contributed by atoms with Crippen molar-refractivity contribution in [2.75, 3.05) is 4.90 Å². The molecule has 0 atom stereocenters. The summed E-state index contributed by atoms with van der Waals surface area (Å²) in [6, 6.07) is 50.9. The number of rotatable bonds is 3. The van der Waals surface area contributed by atoms with Gasteiger partial charge in [-0.2, -0.15) is 0 Å². The Balaban J connectivity index is 1.20. The average Bonchev–Trinajstić information content (AvgIpc) is 3.60. The summed E-state index contributed by atoms with van der Waals surface area (Å²) in [5, 5.41) is 4.97. The van der Waals surface area contributed by atoms with Crippen LogP contribution in [0.5, 0.6) is 0 Å². The number of benzene rings is 7. The van der Waals surface area contributed by atoms with Crippen LogP contribution in [0.3, 0.4) is 0 Å². The van der Waals surface area contributed by atoms with Crippen LogP contribution in [0.2, 0.25) is 0 Å². The van der Waals surface area contributed by atoms with E-state index in [1.165, 1.54) is 55.3 Å². The van der Waals surface area contributed by atoms with Crippen LogP contribution in [0, 0.1) is 0 Å². The molecule has 2 aliphatic rings. The van der Waals surface area contributed by atoms with Crippen molar-refractivity contribution in [3.8, 4) is 22.3 Å². The van der Waals surface area contributed by atoms with Crippen molar-refractivity contribution in [2.24, 2.45) is 0 Å². The van der Waals surface area contributed by atoms with Crippen LogP contribution in [0.1, 0.15) is 49.9 Å². The van der Waals surface area contributed by atoms with Gasteiger partial charge in [0.1, 0.15) is 5.58 Å². The van der Waals surface area contributed by atoms with Gasteiger partial charge in [-0.15, -0.1) is 0 Å². The minimum atomic E-state index is -0.211. The molecule has 8 aromatic rings. The van der Waals surface area contributed by atoms with E-state index in [2.05, 4.69) is 166 Å². The first-order valence-corrected chi connectivity index (χ1v) is 16.9. The molecular weight excluding hydrogens is 583 g/mol. The maximum atomic E-state index is 6.59. The number of nitrogens with zero attached hydrogens (tertiary/aromatic N) is 1. The van der Waals surface area contributed by atoms with E-state index in [-0.39, 0.29) is 10.8 Å². The van der Waals surface area contributed by atoms with Crippen LogP contribution >= 0.6 is 0 Å².